The van der Waals surface area contributed by atoms with Crippen molar-refractivity contribution >= 4 is 11.9 Å². The summed E-state index contributed by atoms with van der Waals surface area (Å²) < 4.78 is 1.14. The predicted octanol–water partition coefficient (Wildman–Crippen LogP) is -1.42. The van der Waals surface area contributed by atoms with Gasteiger partial charge in [-0.05, 0) is 12.1 Å². The van der Waals surface area contributed by atoms with Gasteiger partial charge in [0.05, 0.1) is 24.5 Å². The van der Waals surface area contributed by atoms with Crippen molar-refractivity contribution in [2.45, 2.75) is 13.1 Å². The monoisotopic (exact) mass is 534 g/mol. The normalized spacial score (nSPS) is 17.5. The second-order valence-electron chi connectivity index (χ2n) is 9.23. The molecule has 0 saturated carbocycles. The van der Waals surface area contributed by atoms with Crippen LogP contribution in [0.3, 0.4) is 0 Å². The average molecular weight is 535 g/mol. The molecule has 38 heavy (non-hydrogen) atoms. The summed E-state index contributed by atoms with van der Waals surface area (Å²) in [6, 6.07) is 8.79. The first kappa shape index (κ1) is 28.8. The summed E-state index contributed by atoms with van der Waals surface area (Å²) in [5.41, 5.74) is -0.404. The van der Waals surface area contributed by atoms with Gasteiger partial charge in [0.1, 0.15) is 0 Å². The van der Waals surface area contributed by atoms with E-state index >= 15 is 0 Å². The highest BCUT2D eigenvalue weighted by molar-refractivity contribution is 5.69. The molecule has 1 saturated heterocycles. The molecule has 0 aromatic carbocycles. The van der Waals surface area contributed by atoms with Crippen molar-refractivity contribution in [3.8, 4) is 0 Å². The van der Waals surface area contributed by atoms with E-state index in [9.17, 15) is 39.8 Å². The van der Waals surface area contributed by atoms with E-state index in [1.165, 1.54) is 12.1 Å². The van der Waals surface area contributed by atoms with Crippen molar-refractivity contribution in [3.05, 3.63) is 68.5 Å². The zero-order valence-corrected chi connectivity index (χ0v) is 21.1. The van der Waals surface area contributed by atoms with Crippen LogP contribution < -0.4 is 11.1 Å². The molecule has 4 N–H and O–H groups in total. The second kappa shape index (κ2) is 13.7. The Balaban J connectivity index is 1.81. The standard InChI is InChI=1S/C24H34N6O8/c31-21-5-1-3-19(29(21)37)15-25-7-11-27(17-23(33)34)13-9-26(10-14-28(12-8-25)18-24(35)36)16-20-4-2-6-22(32)30(20)38/h1-6,37-38H,7-18H2,(H,33,34)(H,35,36). The minimum Gasteiger partial charge on any atom is -0.480 e. The molecule has 0 amide bonds. The third-order valence-electron chi connectivity index (χ3n) is 6.44. The number of carbonyl (C=O) groups is 2. The molecule has 1 aliphatic heterocycles. The lowest BCUT2D eigenvalue weighted by molar-refractivity contribution is -0.139. The Labute approximate surface area is 218 Å². The van der Waals surface area contributed by atoms with Gasteiger partial charge in [-0.15, -0.1) is 0 Å². The van der Waals surface area contributed by atoms with Crippen LogP contribution >= 0.6 is 0 Å². The topological polar surface area (TPSA) is 172 Å². The van der Waals surface area contributed by atoms with Crippen LogP contribution in [0.5, 0.6) is 0 Å². The van der Waals surface area contributed by atoms with Gasteiger partial charge in [0.2, 0.25) is 0 Å². The van der Waals surface area contributed by atoms with Crippen LogP contribution in [0.2, 0.25) is 0 Å². The van der Waals surface area contributed by atoms with E-state index in [2.05, 4.69) is 0 Å². The Morgan fingerprint density at radius 1 is 0.579 bits per heavy atom. The average Bonchev–Trinajstić information content (AvgIpc) is 2.85. The Morgan fingerprint density at radius 2 is 0.895 bits per heavy atom. The molecule has 14 heteroatoms. The highest BCUT2D eigenvalue weighted by Crippen LogP contribution is 2.08. The van der Waals surface area contributed by atoms with Crippen LogP contribution in [0.1, 0.15) is 11.4 Å². The molecule has 1 aliphatic rings. The van der Waals surface area contributed by atoms with Crippen LogP contribution in [0.25, 0.3) is 0 Å². The van der Waals surface area contributed by atoms with Gasteiger partial charge in [0.15, 0.2) is 0 Å². The fourth-order valence-corrected chi connectivity index (χ4v) is 4.34. The summed E-state index contributed by atoms with van der Waals surface area (Å²) in [6.45, 7) is 3.16. The maximum absolute atomic E-state index is 11.8. The molecular formula is C24H34N6O8. The lowest BCUT2D eigenvalue weighted by Crippen LogP contribution is -2.47. The Kier molecular flexibility index (Phi) is 10.4. The second-order valence-corrected chi connectivity index (χ2v) is 9.23. The fourth-order valence-electron chi connectivity index (χ4n) is 4.34. The van der Waals surface area contributed by atoms with E-state index in [0.29, 0.717) is 73.2 Å². The van der Waals surface area contributed by atoms with Gasteiger partial charge < -0.3 is 20.6 Å². The molecule has 0 atom stereocenters. The van der Waals surface area contributed by atoms with E-state index < -0.39 is 23.1 Å². The van der Waals surface area contributed by atoms with Gasteiger partial charge >= 0.3 is 11.9 Å². The fraction of sp³-hybridized carbons (Fsp3) is 0.500. The minimum absolute atomic E-state index is 0.196. The van der Waals surface area contributed by atoms with Gasteiger partial charge in [0, 0.05) is 77.6 Å². The van der Waals surface area contributed by atoms with Crippen LogP contribution in [-0.4, -0.2) is 127 Å². The van der Waals surface area contributed by atoms with Crippen molar-refractivity contribution < 1.29 is 30.2 Å². The number of carboxylic acids is 2. The lowest BCUT2D eigenvalue weighted by Gasteiger charge is -2.33. The van der Waals surface area contributed by atoms with Gasteiger partial charge in [-0.25, -0.2) is 0 Å². The quantitative estimate of drug-likeness (QED) is 0.292. The van der Waals surface area contributed by atoms with E-state index in [4.69, 9.17) is 0 Å². The van der Waals surface area contributed by atoms with Crippen molar-refractivity contribution in [2.24, 2.45) is 0 Å². The number of aromatic nitrogens is 2. The number of carboxylic acid groups (broad SMARTS) is 2. The number of pyridine rings is 2. The molecule has 0 radical (unpaired) electrons. The molecule has 3 heterocycles. The third-order valence-corrected chi connectivity index (χ3v) is 6.44. The van der Waals surface area contributed by atoms with Crippen LogP contribution in [0.15, 0.2) is 46.0 Å². The summed E-state index contributed by atoms with van der Waals surface area (Å²) >= 11 is 0. The number of rotatable bonds is 8. The predicted molar refractivity (Wildman–Crippen MR) is 134 cm³/mol. The van der Waals surface area contributed by atoms with Crippen LogP contribution in [0, 0.1) is 0 Å². The van der Waals surface area contributed by atoms with Crippen molar-refractivity contribution in [1.82, 2.24) is 29.1 Å². The summed E-state index contributed by atoms with van der Waals surface area (Å²) in [5.74, 6) is -1.97. The summed E-state index contributed by atoms with van der Waals surface area (Å²) in [5, 5.41) is 39.1. The smallest absolute Gasteiger partial charge is 0.317 e. The molecule has 14 nitrogen and oxygen atoms in total. The third kappa shape index (κ3) is 8.69. The molecule has 1 fully saturated rings. The van der Waals surface area contributed by atoms with E-state index in [1.54, 1.807) is 34.1 Å². The number of hydrogen-bond donors (Lipinski definition) is 4. The summed E-state index contributed by atoms with van der Waals surface area (Å²) in [7, 11) is 0. The molecule has 3 rings (SSSR count). The summed E-state index contributed by atoms with van der Waals surface area (Å²) in [4.78, 5) is 54.2. The maximum atomic E-state index is 11.8. The molecule has 0 unspecified atom stereocenters. The van der Waals surface area contributed by atoms with Crippen molar-refractivity contribution in [2.75, 3.05) is 65.4 Å². The van der Waals surface area contributed by atoms with Crippen LogP contribution in [0.4, 0.5) is 0 Å². The van der Waals surface area contributed by atoms with Gasteiger partial charge in [-0.2, -0.15) is 9.46 Å². The van der Waals surface area contributed by atoms with Crippen molar-refractivity contribution in [3.63, 3.8) is 0 Å². The number of nitrogens with zero attached hydrogens (tertiary/aromatic N) is 6. The Bertz CT molecular complexity index is 1110. The van der Waals surface area contributed by atoms with Gasteiger partial charge in [-0.3, -0.25) is 38.8 Å². The Hall–Kier alpha value is -3.72. The summed E-state index contributed by atoms with van der Waals surface area (Å²) in [6.07, 6.45) is 0. The number of aliphatic carboxylic acids is 2. The first-order valence-electron chi connectivity index (χ1n) is 12.3. The molecule has 2 aromatic rings. The van der Waals surface area contributed by atoms with Gasteiger partial charge in [-0.1, -0.05) is 12.1 Å². The maximum Gasteiger partial charge on any atom is 0.317 e. The lowest BCUT2D eigenvalue weighted by atomic mass is 10.2. The zero-order valence-electron chi connectivity index (χ0n) is 21.1. The van der Waals surface area contributed by atoms with Gasteiger partial charge in [0.25, 0.3) is 11.1 Å². The molecule has 0 bridgehead atoms. The van der Waals surface area contributed by atoms with Crippen LogP contribution in [-0.2, 0) is 22.7 Å². The van der Waals surface area contributed by atoms with E-state index in [0.717, 1.165) is 0 Å². The molecular weight excluding hydrogens is 500 g/mol. The van der Waals surface area contributed by atoms with E-state index in [-0.39, 0.29) is 26.2 Å². The molecule has 2 aromatic heterocycles. The number of hydrogen-bond acceptors (Lipinski definition) is 10. The highest BCUT2D eigenvalue weighted by Gasteiger charge is 2.20. The first-order valence-corrected chi connectivity index (χ1v) is 12.3. The first-order chi connectivity index (χ1) is 18.1. The minimum atomic E-state index is -0.984. The van der Waals surface area contributed by atoms with Crippen molar-refractivity contribution in [1.29, 1.82) is 0 Å². The molecule has 0 spiro atoms. The molecule has 0 aliphatic carbocycles. The van der Waals surface area contributed by atoms with E-state index in [1.807, 2.05) is 9.80 Å². The zero-order chi connectivity index (χ0) is 27.7. The SMILES string of the molecule is O=C(O)CN1CCN(Cc2cccc(=O)n2O)CCN(CC(=O)O)CCN(Cc2cccc(=O)n2O)CC1. The molecule has 208 valence electrons. The Morgan fingerprint density at radius 3 is 1.21 bits per heavy atom. The largest absolute Gasteiger partial charge is 0.480 e. The highest BCUT2D eigenvalue weighted by atomic mass is 16.5.